The largest absolute Gasteiger partial charge is 0.450 e. The van der Waals surface area contributed by atoms with Gasteiger partial charge in [-0.1, -0.05) is 11.6 Å². The van der Waals surface area contributed by atoms with Crippen molar-refractivity contribution in [1.82, 2.24) is 0 Å². The molecule has 132 valence electrons. The first kappa shape index (κ1) is 17.4. The Bertz CT molecular complexity index is 613. The average Bonchev–Trinajstić information content (AvgIpc) is 3.12. The lowest BCUT2D eigenvalue weighted by Gasteiger charge is -2.14. The van der Waals surface area contributed by atoms with Crippen LogP contribution in [0.15, 0.2) is 34.4 Å². The zero-order valence-electron chi connectivity index (χ0n) is 14.9. The molecule has 0 amide bonds. The second kappa shape index (κ2) is 6.85. The Labute approximate surface area is 144 Å². The molecule has 0 radical (unpaired) electrons. The molecule has 0 spiro atoms. The van der Waals surface area contributed by atoms with Gasteiger partial charge in [0.2, 0.25) is 0 Å². The summed E-state index contributed by atoms with van der Waals surface area (Å²) in [6.07, 6.45) is 9.72. The van der Waals surface area contributed by atoms with Crippen LogP contribution in [0.25, 0.3) is 0 Å². The summed E-state index contributed by atoms with van der Waals surface area (Å²) >= 11 is 0. The Morgan fingerprint density at radius 3 is 2.83 bits per heavy atom. The van der Waals surface area contributed by atoms with Crippen molar-refractivity contribution in [3.8, 4) is 0 Å². The summed E-state index contributed by atoms with van der Waals surface area (Å²) in [7, 11) is 0. The molecule has 4 heteroatoms. The van der Waals surface area contributed by atoms with Crippen molar-refractivity contribution in [2.24, 2.45) is 0 Å². The third-order valence-electron chi connectivity index (χ3n) is 5.63. The van der Waals surface area contributed by atoms with Crippen LogP contribution >= 0.6 is 0 Å². The molecule has 3 unspecified atom stereocenters. The van der Waals surface area contributed by atoms with Gasteiger partial charge in [-0.2, -0.15) is 0 Å². The van der Waals surface area contributed by atoms with Gasteiger partial charge < -0.3 is 14.6 Å². The van der Waals surface area contributed by atoms with Crippen molar-refractivity contribution in [2.45, 2.75) is 77.1 Å². The van der Waals surface area contributed by atoms with Crippen molar-refractivity contribution >= 4 is 5.97 Å². The van der Waals surface area contributed by atoms with Gasteiger partial charge in [0.1, 0.15) is 6.10 Å². The number of hydrogen-bond donors (Lipinski definition) is 1. The Hall–Kier alpha value is -1.39. The number of carbonyl (C=O) groups excluding carboxylic acids is 1. The molecule has 1 aliphatic carbocycles. The summed E-state index contributed by atoms with van der Waals surface area (Å²) in [4.78, 5) is 11.9. The minimum Gasteiger partial charge on any atom is -0.450 e. The highest BCUT2D eigenvalue weighted by Gasteiger charge is 2.50. The smallest absolute Gasteiger partial charge is 0.334 e. The van der Waals surface area contributed by atoms with E-state index in [0.717, 1.165) is 55.2 Å². The highest BCUT2D eigenvalue weighted by Crippen LogP contribution is 2.44. The van der Waals surface area contributed by atoms with Gasteiger partial charge in [0, 0.05) is 5.57 Å². The molecule has 3 aliphatic rings. The predicted molar refractivity (Wildman–Crippen MR) is 92.5 cm³/mol. The highest BCUT2D eigenvalue weighted by molar-refractivity contribution is 5.92. The minimum absolute atomic E-state index is 0.0110. The van der Waals surface area contributed by atoms with Crippen LogP contribution in [0.4, 0.5) is 0 Å². The number of rotatable bonds is 1. The highest BCUT2D eigenvalue weighted by atomic mass is 16.6. The molecule has 0 aromatic heterocycles. The molecule has 0 bridgehead atoms. The molecule has 1 saturated heterocycles. The van der Waals surface area contributed by atoms with E-state index < -0.39 is 0 Å². The summed E-state index contributed by atoms with van der Waals surface area (Å²) in [6, 6.07) is 0. The van der Waals surface area contributed by atoms with Crippen molar-refractivity contribution in [3.63, 3.8) is 0 Å². The summed E-state index contributed by atoms with van der Waals surface area (Å²) in [5.41, 5.74) is 4.05. The van der Waals surface area contributed by atoms with Gasteiger partial charge in [-0.25, -0.2) is 4.79 Å². The zero-order valence-corrected chi connectivity index (χ0v) is 14.9. The van der Waals surface area contributed by atoms with E-state index in [4.69, 9.17) is 9.47 Å². The zero-order chi connectivity index (χ0) is 17.3. The normalized spacial score (nSPS) is 34.6. The number of aliphatic hydroxyl groups is 1. The first-order valence-electron chi connectivity index (χ1n) is 8.97. The Balaban J connectivity index is 1.82. The van der Waals surface area contributed by atoms with E-state index in [-0.39, 0.29) is 24.3 Å². The van der Waals surface area contributed by atoms with Crippen LogP contribution in [-0.2, 0) is 14.3 Å². The van der Waals surface area contributed by atoms with Crippen LogP contribution in [0.2, 0.25) is 0 Å². The molecule has 1 N–H and O–H groups in total. The number of hydrogen-bond acceptors (Lipinski definition) is 4. The Morgan fingerprint density at radius 2 is 2.08 bits per heavy atom. The number of fused-ring (bicyclic) bond motifs is 2. The summed E-state index contributed by atoms with van der Waals surface area (Å²) in [6.45, 7) is 6.19. The molecular weight excluding hydrogens is 304 g/mol. The van der Waals surface area contributed by atoms with Crippen molar-refractivity contribution in [2.75, 3.05) is 6.61 Å². The quantitative estimate of drug-likeness (QED) is 0.453. The first-order chi connectivity index (χ1) is 11.4. The summed E-state index contributed by atoms with van der Waals surface area (Å²) < 4.78 is 11.4. The predicted octanol–water partition coefficient (Wildman–Crippen LogP) is 3.61. The maximum absolute atomic E-state index is 11.9. The average molecular weight is 332 g/mol. The standard InChI is InChI=1S/C20H28O4/c1-13-6-9-18-20(3,24-18)10-4-5-15(12-21)7-8-16-14(2)19(22)23-17(16)11-13/h5,11,17-18,21H,4,6-10,12H2,1-3H3. The van der Waals surface area contributed by atoms with Crippen molar-refractivity contribution in [1.29, 1.82) is 0 Å². The number of ether oxygens (including phenoxy) is 2. The lowest BCUT2D eigenvalue weighted by Crippen LogP contribution is -2.12. The molecule has 3 rings (SSSR count). The molecule has 0 aromatic rings. The molecule has 24 heavy (non-hydrogen) atoms. The molecule has 3 atom stereocenters. The van der Waals surface area contributed by atoms with E-state index >= 15 is 0 Å². The number of epoxide rings is 1. The molecule has 4 nitrogen and oxygen atoms in total. The number of esters is 1. The fraction of sp³-hybridized carbons (Fsp3) is 0.650. The summed E-state index contributed by atoms with van der Waals surface area (Å²) in [5, 5.41) is 9.61. The third-order valence-corrected chi connectivity index (χ3v) is 5.63. The minimum atomic E-state index is -0.244. The molecule has 2 heterocycles. The maximum Gasteiger partial charge on any atom is 0.334 e. The fourth-order valence-corrected chi connectivity index (χ4v) is 3.76. The van der Waals surface area contributed by atoms with Crippen molar-refractivity contribution < 1.29 is 19.4 Å². The van der Waals surface area contributed by atoms with E-state index in [1.807, 2.05) is 6.92 Å². The lowest BCUT2D eigenvalue weighted by molar-refractivity contribution is -0.138. The molecular formula is C20H28O4. The van der Waals surface area contributed by atoms with E-state index in [2.05, 4.69) is 26.0 Å². The second-order valence-electron chi connectivity index (χ2n) is 7.51. The van der Waals surface area contributed by atoms with E-state index in [0.29, 0.717) is 6.10 Å². The van der Waals surface area contributed by atoms with E-state index in [1.165, 1.54) is 5.57 Å². The van der Waals surface area contributed by atoms with E-state index in [9.17, 15) is 9.90 Å². The van der Waals surface area contributed by atoms with Gasteiger partial charge >= 0.3 is 5.97 Å². The van der Waals surface area contributed by atoms with Crippen LogP contribution in [0.1, 0.15) is 59.3 Å². The van der Waals surface area contributed by atoms with Gasteiger partial charge in [0.05, 0.1) is 18.3 Å². The molecule has 1 fully saturated rings. The summed E-state index contributed by atoms with van der Waals surface area (Å²) in [5.74, 6) is -0.212. The topological polar surface area (TPSA) is 59.1 Å². The van der Waals surface area contributed by atoms with Crippen LogP contribution in [0.5, 0.6) is 0 Å². The maximum atomic E-state index is 11.9. The van der Waals surface area contributed by atoms with E-state index in [1.54, 1.807) is 0 Å². The van der Waals surface area contributed by atoms with Gasteiger partial charge in [0.25, 0.3) is 0 Å². The molecule has 2 aliphatic heterocycles. The number of aliphatic hydroxyl groups excluding tert-OH is 1. The van der Waals surface area contributed by atoms with Crippen LogP contribution in [0.3, 0.4) is 0 Å². The lowest BCUT2D eigenvalue weighted by atomic mass is 9.92. The SMILES string of the molecule is CC1=CC2OC(=O)C(C)=C2CCC(CO)=CCCC2(C)OC2CC1. The number of carbonyl (C=O) groups is 1. The third kappa shape index (κ3) is 3.65. The van der Waals surface area contributed by atoms with Gasteiger partial charge in [-0.05, 0) is 76.5 Å². The van der Waals surface area contributed by atoms with Gasteiger partial charge in [0.15, 0.2) is 0 Å². The van der Waals surface area contributed by atoms with Gasteiger partial charge in [-0.15, -0.1) is 0 Å². The molecule has 0 aromatic carbocycles. The Kier molecular flexibility index (Phi) is 4.97. The fourth-order valence-electron chi connectivity index (χ4n) is 3.76. The van der Waals surface area contributed by atoms with Crippen molar-refractivity contribution in [3.05, 3.63) is 34.4 Å². The first-order valence-corrected chi connectivity index (χ1v) is 8.97. The van der Waals surface area contributed by atoms with Crippen LogP contribution < -0.4 is 0 Å². The number of allylic oxidation sites excluding steroid dienone is 2. The second-order valence-corrected chi connectivity index (χ2v) is 7.51. The monoisotopic (exact) mass is 332 g/mol. The Morgan fingerprint density at radius 1 is 1.29 bits per heavy atom. The van der Waals surface area contributed by atoms with Crippen LogP contribution in [-0.4, -0.2) is 35.5 Å². The van der Waals surface area contributed by atoms with Gasteiger partial charge in [-0.3, -0.25) is 0 Å². The van der Waals surface area contributed by atoms with Crippen LogP contribution in [0, 0.1) is 0 Å². The molecule has 0 saturated carbocycles.